The molecule has 0 bridgehead atoms. The van der Waals surface area contributed by atoms with E-state index in [1.54, 1.807) is 19.2 Å². The summed E-state index contributed by atoms with van der Waals surface area (Å²) in [6.07, 6.45) is 1.87. The van der Waals surface area contributed by atoms with E-state index in [1.807, 2.05) is 47.9 Å². The molecule has 176 valence electrons. The molecule has 2 aromatic carbocycles. The predicted molar refractivity (Wildman–Crippen MR) is 134 cm³/mol. The maximum atomic E-state index is 13.6. The Morgan fingerprint density at radius 1 is 1.00 bits per heavy atom. The summed E-state index contributed by atoms with van der Waals surface area (Å²) < 4.78 is 10.3. The van der Waals surface area contributed by atoms with Gasteiger partial charge in [-0.05, 0) is 61.7 Å². The second-order valence-corrected chi connectivity index (χ2v) is 8.82. The van der Waals surface area contributed by atoms with Crippen LogP contribution in [0.5, 0.6) is 5.75 Å². The van der Waals surface area contributed by atoms with Gasteiger partial charge in [0, 0.05) is 30.8 Å². The molecule has 2 aromatic heterocycles. The lowest BCUT2D eigenvalue weighted by Gasteiger charge is -2.22. The van der Waals surface area contributed by atoms with Crippen LogP contribution in [-0.4, -0.2) is 31.8 Å². The van der Waals surface area contributed by atoms with E-state index >= 15 is 0 Å². The van der Waals surface area contributed by atoms with Crippen molar-refractivity contribution in [2.45, 2.75) is 32.9 Å². The minimum Gasteiger partial charge on any atom is -0.494 e. The molecule has 0 N–H and O–H groups in total. The van der Waals surface area contributed by atoms with Gasteiger partial charge in [-0.1, -0.05) is 23.7 Å². The topological polar surface area (TPSA) is 74.3 Å². The number of rotatable bonds is 5. The number of hydrogen-bond donors (Lipinski definition) is 0. The Balaban J connectivity index is 1.64. The lowest BCUT2D eigenvalue weighted by Crippen LogP contribution is -2.40. The fraction of sp³-hybridized carbons (Fsp3) is 0.320. The van der Waals surface area contributed by atoms with E-state index in [1.165, 1.54) is 9.13 Å². The van der Waals surface area contributed by atoms with E-state index < -0.39 is 5.69 Å². The summed E-state index contributed by atoms with van der Waals surface area (Å²) in [5.74, 6) is 1.48. The molecule has 0 spiro atoms. The van der Waals surface area contributed by atoms with Crippen LogP contribution in [0, 0.1) is 0 Å². The minimum absolute atomic E-state index is 0.168. The molecular formula is C25H26ClN5O3. The van der Waals surface area contributed by atoms with Gasteiger partial charge in [0.1, 0.15) is 5.75 Å². The second kappa shape index (κ2) is 9.02. The molecule has 0 amide bonds. The van der Waals surface area contributed by atoms with Crippen LogP contribution in [0.1, 0.15) is 25.3 Å². The molecule has 9 heteroatoms. The highest BCUT2D eigenvalue weighted by atomic mass is 35.5. The third-order valence-corrected chi connectivity index (χ3v) is 6.43. The maximum Gasteiger partial charge on any atom is 0.332 e. The average Bonchev–Trinajstić information content (AvgIpc) is 3.10. The van der Waals surface area contributed by atoms with Crippen LogP contribution in [0.15, 0.2) is 58.1 Å². The number of aryl methyl sites for hydroxylation is 2. The van der Waals surface area contributed by atoms with E-state index in [2.05, 4.69) is 4.90 Å². The molecule has 3 heterocycles. The van der Waals surface area contributed by atoms with Crippen LogP contribution in [0.2, 0.25) is 5.02 Å². The molecule has 0 aliphatic carbocycles. The number of aromatic nitrogens is 4. The summed E-state index contributed by atoms with van der Waals surface area (Å²) in [5, 5.41) is 0.606. The first kappa shape index (κ1) is 22.3. The molecule has 1 aliphatic heterocycles. The first-order chi connectivity index (χ1) is 16.5. The molecular weight excluding hydrogens is 454 g/mol. The zero-order valence-corrected chi connectivity index (χ0v) is 20.0. The summed E-state index contributed by atoms with van der Waals surface area (Å²) >= 11 is 5.99. The highest BCUT2D eigenvalue weighted by Crippen LogP contribution is 2.31. The Morgan fingerprint density at radius 2 is 1.71 bits per heavy atom. The lowest BCUT2D eigenvalue weighted by molar-refractivity contribution is 0.340. The molecule has 0 radical (unpaired) electrons. The van der Waals surface area contributed by atoms with Crippen molar-refractivity contribution in [1.82, 2.24) is 18.7 Å². The van der Waals surface area contributed by atoms with Gasteiger partial charge in [-0.3, -0.25) is 13.9 Å². The average molecular weight is 480 g/mol. The summed E-state index contributed by atoms with van der Waals surface area (Å²) in [5.41, 5.74) is 1.91. The Hall–Kier alpha value is -3.52. The molecule has 1 aliphatic rings. The van der Waals surface area contributed by atoms with Gasteiger partial charge < -0.3 is 14.2 Å². The summed E-state index contributed by atoms with van der Waals surface area (Å²) in [6.45, 7) is 4.16. The fourth-order valence-corrected chi connectivity index (χ4v) is 4.59. The number of halogens is 1. The van der Waals surface area contributed by atoms with Crippen LogP contribution in [-0.2, 0) is 20.1 Å². The van der Waals surface area contributed by atoms with Gasteiger partial charge in [0.15, 0.2) is 11.2 Å². The largest absolute Gasteiger partial charge is 0.494 e. The fourth-order valence-electron chi connectivity index (χ4n) is 4.46. The van der Waals surface area contributed by atoms with Crippen molar-refractivity contribution >= 4 is 34.4 Å². The molecule has 0 atom stereocenters. The van der Waals surface area contributed by atoms with Gasteiger partial charge in [0.2, 0.25) is 5.95 Å². The van der Waals surface area contributed by atoms with Gasteiger partial charge in [0.05, 0.1) is 13.2 Å². The summed E-state index contributed by atoms with van der Waals surface area (Å²) in [6, 6.07) is 15.0. The van der Waals surface area contributed by atoms with Gasteiger partial charge in [-0.2, -0.15) is 4.98 Å². The molecule has 0 fully saturated rings. The number of nitrogens with zero attached hydrogens (tertiary/aromatic N) is 5. The third kappa shape index (κ3) is 3.88. The van der Waals surface area contributed by atoms with Crippen molar-refractivity contribution in [2.75, 3.05) is 18.1 Å². The summed E-state index contributed by atoms with van der Waals surface area (Å²) in [7, 11) is 1.66. The Labute approximate surface area is 201 Å². The molecule has 0 saturated carbocycles. The van der Waals surface area contributed by atoms with Crippen molar-refractivity contribution in [3.63, 3.8) is 0 Å². The molecule has 0 unspecified atom stereocenters. The second-order valence-electron chi connectivity index (χ2n) is 8.38. The van der Waals surface area contributed by atoms with Crippen molar-refractivity contribution in [1.29, 1.82) is 0 Å². The van der Waals surface area contributed by atoms with Crippen molar-refractivity contribution in [3.05, 3.63) is 80.0 Å². The highest BCUT2D eigenvalue weighted by molar-refractivity contribution is 6.30. The third-order valence-electron chi connectivity index (χ3n) is 6.18. The monoisotopic (exact) mass is 479 g/mol. The number of benzene rings is 2. The van der Waals surface area contributed by atoms with E-state index in [0.717, 1.165) is 36.4 Å². The number of hydrogen-bond acceptors (Lipinski definition) is 5. The van der Waals surface area contributed by atoms with Crippen molar-refractivity contribution in [2.24, 2.45) is 7.05 Å². The van der Waals surface area contributed by atoms with E-state index in [0.29, 0.717) is 35.3 Å². The molecule has 5 rings (SSSR count). The standard InChI is InChI=1S/C25H26ClN5O3/c1-3-34-20-12-10-19(11-13-20)29-14-4-5-15-30-21-22(27-24(29)30)28(2)25(33)31(23(21)32)16-17-6-8-18(26)9-7-17/h6-13H,3-5,14-16H2,1-2H3. The predicted octanol–water partition coefficient (Wildman–Crippen LogP) is 3.93. The first-order valence-corrected chi connectivity index (χ1v) is 11.8. The van der Waals surface area contributed by atoms with Gasteiger partial charge in [0.25, 0.3) is 5.56 Å². The lowest BCUT2D eigenvalue weighted by atomic mass is 10.2. The smallest absolute Gasteiger partial charge is 0.332 e. The molecule has 8 nitrogen and oxygen atoms in total. The zero-order valence-electron chi connectivity index (χ0n) is 19.2. The van der Waals surface area contributed by atoms with Crippen LogP contribution in [0.3, 0.4) is 0 Å². The number of anilines is 2. The molecule has 34 heavy (non-hydrogen) atoms. The van der Waals surface area contributed by atoms with Crippen LogP contribution >= 0.6 is 11.6 Å². The van der Waals surface area contributed by atoms with E-state index in [-0.39, 0.29) is 12.1 Å². The zero-order chi connectivity index (χ0) is 23.8. The maximum absolute atomic E-state index is 13.6. The molecule has 4 aromatic rings. The number of fused-ring (bicyclic) bond motifs is 3. The van der Waals surface area contributed by atoms with Crippen molar-refractivity contribution < 1.29 is 4.74 Å². The first-order valence-electron chi connectivity index (χ1n) is 11.4. The highest BCUT2D eigenvalue weighted by Gasteiger charge is 2.26. The Morgan fingerprint density at radius 3 is 2.41 bits per heavy atom. The normalized spacial score (nSPS) is 13.7. The van der Waals surface area contributed by atoms with E-state index in [9.17, 15) is 9.59 Å². The Kier molecular flexibility index (Phi) is 5.91. The molecule has 0 saturated heterocycles. The quantitative estimate of drug-likeness (QED) is 0.433. The van der Waals surface area contributed by atoms with Crippen LogP contribution < -0.4 is 20.9 Å². The van der Waals surface area contributed by atoms with E-state index in [4.69, 9.17) is 21.3 Å². The van der Waals surface area contributed by atoms with Gasteiger partial charge in [-0.25, -0.2) is 4.79 Å². The number of imidazole rings is 1. The minimum atomic E-state index is -0.395. The Bertz CT molecular complexity index is 1450. The number of ether oxygens (including phenoxy) is 1. The van der Waals surface area contributed by atoms with Gasteiger partial charge >= 0.3 is 5.69 Å². The SMILES string of the molecule is CCOc1ccc(N2CCCCn3c2nc2c3c(=O)n(Cc3ccc(Cl)cc3)c(=O)n2C)cc1. The van der Waals surface area contributed by atoms with Crippen molar-refractivity contribution in [3.8, 4) is 5.75 Å². The summed E-state index contributed by atoms with van der Waals surface area (Å²) in [4.78, 5) is 33.6. The van der Waals surface area contributed by atoms with Gasteiger partial charge in [-0.15, -0.1) is 0 Å². The van der Waals surface area contributed by atoms with Crippen LogP contribution in [0.4, 0.5) is 11.6 Å². The van der Waals surface area contributed by atoms with Crippen LogP contribution in [0.25, 0.3) is 11.2 Å².